The van der Waals surface area contributed by atoms with E-state index in [2.05, 4.69) is 62.7 Å². The molecule has 20 heavy (non-hydrogen) atoms. The zero-order valence-electron chi connectivity index (χ0n) is 13.6. The zero-order valence-corrected chi connectivity index (χ0v) is 13.6. The van der Waals surface area contributed by atoms with Crippen LogP contribution in [0.25, 0.3) is 10.9 Å². The molecule has 0 saturated carbocycles. The highest BCUT2D eigenvalue weighted by molar-refractivity contribution is 5.86. The second-order valence-electron chi connectivity index (χ2n) is 6.10. The minimum atomic E-state index is 0.530. The van der Waals surface area contributed by atoms with Crippen LogP contribution in [-0.4, -0.2) is 10.6 Å². The van der Waals surface area contributed by atoms with Crippen molar-refractivity contribution in [3.63, 3.8) is 0 Å². The summed E-state index contributed by atoms with van der Waals surface area (Å²) in [5.74, 6) is 0. The largest absolute Gasteiger partial charge is 0.345 e. The van der Waals surface area contributed by atoms with Gasteiger partial charge in [-0.2, -0.15) is 0 Å². The lowest BCUT2D eigenvalue weighted by Crippen LogP contribution is -2.21. The minimum absolute atomic E-state index is 0.530. The number of rotatable bonds is 6. The maximum atomic E-state index is 3.49. The molecule has 0 aliphatic heterocycles. The Morgan fingerprint density at radius 1 is 1.20 bits per heavy atom. The summed E-state index contributed by atoms with van der Waals surface area (Å²) in [5.41, 5.74) is 5.62. The van der Waals surface area contributed by atoms with Crippen molar-refractivity contribution < 1.29 is 0 Å². The maximum Gasteiger partial charge on any atom is 0.0485 e. The van der Waals surface area contributed by atoms with Gasteiger partial charge in [-0.15, -0.1) is 0 Å². The molecule has 2 rings (SSSR count). The van der Waals surface area contributed by atoms with Crippen LogP contribution in [0.5, 0.6) is 0 Å². The molecule has 1 heterocycles. The van der Waals surface area contributed by atoms with Gasteiger partial charge in [0.1, 0.15) is 0 Å². The van der Waals surface area contributed by atoms with Gasteiger partial charge in [0.25, 0.3) is 0 Å². The first-order chi connectivity index (χ1) is 9.54. The first kappa shape index (κ1) is 15.1. The van der Waals surface area contributed by atoms with Crippen molar-refractivity contribution in [2.24, 2.45) is 0 Å². The highest BCUT2D eigenvalue weighted by atomic mass is 15.0. The van der Waals surface area contributed by atoms with Gasteiger partial charge in [-0.3, -0.25) is 0 Å². The Bertz CT molecular complexity index is 579. The van der Waals surface area contributed by atoms with Crippen molar-refractivity contribution in [1.29, 1.82) is 0 Å². The fraction of sp³-hybridized carbons (Fsp3) is 0.556. The van der Waals surface area contributed by atoms with Gasteiger partial charge in [-0.1, -0.05) is 33.3 Å². The monoisotopic (exact) mass is 272 g/mol. The molecule has 0 atom stereocenters. The van der Waals surface area contributed by atoms with Crippen molar-refractivity contribution in [3.05, 3.63) is 35.0 Å². The van der Waals surface area contributed by atoms with Gasteiger partial charge >= 0.3 is 0 Å². The van der Waals surface area contributed by atoms with E-state index in [1.54, 1.807) is 0 Å². The topological polar surface area (TPSA) is 17.0 Å². The molecular weight excluding hydrogens is 244 g/mol. The molecule has 1 aromatic heterocycles. The normalized spacial score (nSPS) is 11.7. The molecule has 0 amide bonds. The lowest BCUT2D eigenvalue weighted by atomic mass is 10.1. The maximum absolute atomic E-state index is 3.49. The summed E-state index contributed by atoms with van der Waals surface area (Å²) in [7, 11) is 0. The molecule has 0 unspecified atom stereocenters. The average Bonchev–Trinajstić information content (AvgIpc) is 2.67. The van der Waals surface area contributed by atoms with E-state index in [1.807, 2.05) is 0 Å². The number of nitrogens with zero attached hydrogens (tertiary/aromatic N) is 1. The predicted octanol–water partition coefficient (Wildman–Crippen LogP) is 4.56. The highest BCUT2D eigenvalue weighted by Crippen LogP contribution is 2.26. The molecule has 110 valence electrons. The fourth-order valence-electron chi connectivity index (χ4n) is 2.73. The smallest absolute Gasteiger partial charge is 0.0485 e. The number of hydrogen-bond acceptors (Lipinski definition) is 1. The van der Waals surface area contributed by atoms with Crippen LogP contribution in [-0.2, 0) is 13.1 Å². The third-order valence-electron chi connectivity index (χ3n) is 4.15. The molecule has 1 N–H and O–H groups in total. The summed E-state index contributed by atoms with van der Waals surface area (Å²) in [6, 6.07) is 7.44. The van der Waals surface area contributed by atoms with Crippen LogP contribution in [0.15, 0.2) is 18.2 Å². The van der Waals surface area contributed by atoms with E-state index >= 15 is 0 Å². The van der Waals surface area contributed by atoms with Gasteiger partial charge in [-0.25, -0.2) is 0 Å². The Morgan fingerprint density at radius 3 is 2.60 bits per heavy atom. The molecule has 1 aromatic carbocycles. The van der Waals surface area contributed by atoms with Gasteiger partial charge in [0.05, 0.1) is 0 Å². The number of aromatic nitrogens is 1. The van der Waals surface area contributed by atoms with E-state index in [0.717, 1.165) is 13.1 Å². The van der Waals surface area contributed by atoms with Crippen molar-refractivity contribution in [3.8, 4) is 0 Å². The molecule has 2 heteroatoms. The summed E-state index contributed by atoms with van der Waals surface area (Å²) in [6.07, 6.45) is 2.50. The van der Waals surface area contributed by atoms with E-state index in [4.69, 9.17) is 0 Å². The predicted molar refractivity (Wildman–Crippen MR) is 88.3 cm³/mol. The van der Waals surface area contributed by atoms with Crippen LogP contribution in [0.3, 0.4) is 0 Å². The highest BCUT2D eigenvalue weighted by Gasteiger charge is 2.11. The number of nitrogens with one attached hydrogen (secondary N) is 1. The lowest BCUT2D eigenvalue weighted by molar-refractivity contribution is 0.589. The summed E-state index contributed by atoms with van der Waals surface area (Å²) in [4.78, 5) is 0. The van der Waals surface area contributed by atoms with Crippen LogP contribution < -0.4 is 5.32 Å². The van der Waals surface area contributed by atoms with Gasteiger partial charge < -0.3 is 9.88 Å². The Morgan fingerprint density at radius 2 is 1.95 bits per heavy atom. The molecule has 2 nitrogen and oxygen atoms in total. The zero-order chi connectivity index (χ0) is 14.7. The average molecular weight is 272 g/mol. The van der Waals surface area contributed by atoms with E-state index in [1.165, 1.54) is 40.6 Å². The summed E-state index contributed by atoms with van der Waals surface area (Å²) in [6.45, 7) is 13.2. The number of hydrogen-bond donors (Lipinski definition) is 1. The van der Waals surface area contributed by atoms with Crippen LogP contribution >= 0.6 is 0 Å². The second kappa shape index (κ2) is 6.45. The molecule has 0 fully saturated rings. The summed E-state index contributed by atoms with van der Waals surface area (Å²) >= 11 is 0. The van der Waals surface area contributed by atoms with E-state index in [0.29, 0.717) is 6.04 Å². The molecular formula is C18H28N2. The Balaban J connectivity index is 2.35. The van der Waals surface area contributed by atoms with E-state index in [-0.39, 0.29) is 0 Å². The van der Waals surface area contributed by atoms with Gasteiger partial charge in [0, 0.05) is 35.7 Å². The Labute approximate surface area is 123 Å². The summed E-state index contributed by atoms with van der Waals surface area (Å²) < 4.78 is 2.48. The number of aryl methyl sites for hydroxylation is 2. The minimum Gasteiger partial charge on any atom is -0.345 e. The molecule has 0 spiro atoms. The Hall–Kier alpha value is -1.28. The van der Waals surface area contributed by atoms with Gasteiger partial charge in [-0.05, 0) is 43.5 Å². The first-order valence-electron chi connectivity index (χ1n) is 7.86. The standard InChI is InChI=1S/C18H28N2/c1-6-7-10-20-15(5)14(4)17-11-16(8-9-18(17)20)12-19-13(2)3/h8-9,11,13,19H,6-7,10,12H2,1-5H3. The fourth-order valence-corrected chi connectivity index (χ4v) is 2.73. The lowest BCUT2D eigenvalue weighted by Gasteiger charge is -2.09. The van der Waals surface area contributed by atoms with Gasteiger partial charge in [0.2, 0.25) is 0 Å². The Kier molecular flexibility index (Phi) is 4.87. The molecule has 0 radical (unpaired) electrons. The molecule has 0 aliphatic carbocycles. The second-order valence-corrected chi connectivity index (χ2v) is 6.10. The summed E-state index contributed by atoms with van der Waals surface area (Å²) in [5, 5.41) is 4.91. The van der Waals surface area contributed by atoms with Crippen molar-refractivity contribution in [2.75, 3.05) is 0 Å². The van der Waals surface area contributed by atoms with E-state index < -0.39 is 0 Å². The van der Waals surface area contributed by atoms with Crippen LogP contribution in [0.2, 0.25) is 0 Å². The molecule has 2 aromatic rings. The van der Waals surface area contributed by atoms with Crippen molar-refractivity contribution in [2.45, 2.75) is 66.6 Å². The SMILES string of the molecule is CCCCn1c(C)c(C)c2cc(CNC(C)C)ccc21. The third kappa shape index (κ3) is 3.06. The van der Waals surface area contributed by atoms with Crippen LogP contribution in [0.4, 0.5) is 0 Å². The number of unbranched alkanes of at least 4 members (excludes halogenated alkanes) is 1. The number of benzene rings is 1. The van der Waals surface area contributed by atoms with Crippen LogP contribution in [0, 0.1) is 13.8 Å². The first-order valence-corrected chi connectivity index (χ1v) is 7.86. The van der Waals surface area contributed by atoms with E-state index in [9.17, 15) is 0 Å². The molecule has 0 bridgehead atoms. The molecule has 0 saturated heterocycles. The third-order valence-corrected chi connectivity index (χ3v) is 4.15. The van der Waals surface area contributed by atoms with Crippen LogP contribution in [0.1, 0.15) is 50.4 Å². The number of fused-ring (bicyclic) bond motifs is 1. The van der Waals surface area contributed by atoms with Crippen molar-refractivity contribution in [1.82, 2.24) is 9.88 Å². The quantitative estimate of drug-likeness (QED) is 0.816. The van der Waals surface area contributed by atoms with Gasteiger partial charge in [0.15, 0.2) is 0 Å². The van der Waals surface area contributed by atoms with Crippen molar-refractivity contribution >= 4 is 10.9 Å². The molecule has 0 aliphatic rings.